The first kappa shape index (κ1) is 12.7. The summed E-state index contributed by atoms with van der Waals surface area (Å²) >= 11 is 3.49. The Labute approximate surface area is 115 Å². The van der Waals surface area contributed by atoms with Crippen molar-refractivity contribution in [2.24, 2.45) is 0 Å². The number of hydrogen-bond acceptors (Lipinski definition) is 2. The summed E-state index contributed by atoms with van der Waals surface area (Å²) in [7, 11) is 1.21. The number of ether oxygens (including phenoxy) is 2. The van der Waals surface area contributed by atoms with E-state index in [0.717, 1.165) is 21.8 Å². The van der Waals surface area contributed by atoms with Crippen molar-refractivity contribution < 1.29 is 13.9 Å². The maximum absolute atomic E-state index is 13.3. The highest BCUT2D eigenvalue weighted by Crippen LogP contribution is 2.39. The molecule has 1 aromatic carbocycles. The van der Waals surface area contributed by atoms with E-state index < -0.39 is 5.41 Å². The average Bonchev–Trinajstić information content (AvgIpc) is 2.81. The van der Waals surface area contributed by atoms with E-state index in [-0.39, 0.29) is 13.0 Å². The largest absolute Gasteiger partial charge is 0.346 e. The van der Waals surface area contributed by atoms with Gasteiger partial charge in [0, 0.05) is 16.2 Å². The number of halogens is 2. The van der Waals surface area contributed by atoms with Crippen molar-refractivity contribution in [2.75, 3.05) is 26.1 Å². The molecule has 1 atom stereocenters. The van der Waals surface area contributed by atoms with E-state index in [1.807, 2.05) is 24.0 Å². The van der Waals surface area contributed by atoms with Crippen LogP contribution in [0.25, 0.3) is 0 Å². The van der Waals surface area contributed by atoms with E-state index in [9.17, 15) is 4.39 Å². The molecule has 2 heterocycles. The quantitative estimate of drug-likeness (QED) is 0.790. The number of alkyl halides is 1. The first-order valence-corrected chi connectivity index (χ1v) is 7.79. The third kappa shape index (κ3) is 2.16. The second-order valence-corrected chi connectivity index (χ2v) is 6.46. The lowest BCUT2D eigenvalue weighted by molar-refractivity contribution is -0.0442. The highest BCUT2D eigenvalue weighted by atomic mass is 79.9. The molecule has 0 aromatic heterocycles. The lowest BCUT2D eigenvalue weighted by Gasteiger charge is -2.33. The summed E-state index contributed by atoms with van der Waals surface area (Å²) in [5.74, 6) is 2.04. The van der Waals surface area contributed by atoms with E-state index in [1.165, 1.54) is 8.20 Å². The van der Waals surface area contributed by atoms with Gasteiger partial charge in [-0.3, -0.25) is 0 Å². The maximum atomic E-state index is 13.3. The highest BCUT2D eigenvalue weighted by molar-refractivity contribution is 9.10. The van der Waals surface area contributed by atoms with E-state index in [1.54, 1.807) is 0 Å². The minimum Gasteiger partial charge on any atom is -0.346 e. The molecule has 0 spiro atoms. The van der Waals surface area contributed by atoms with Crippen molar-refractivity contribution >= 4 is 29.9 Å². The van der Waals surface area contributed by atoms with Gasteiger partial charge >= 0.3 is 0 Å². The molecule has 18 heavy (non-hydrogen) atoms. The lowest BCUT2D eigenvalue weighted by atomic mass is 9.84. The molecule has 1 fully saturated rings. The highest BCUT2D eigenvalue weighted by Gasteiger charge is 2.35. The van der Waals surface area contributed by atoms with Gasteiger partial charge < -0.3 is 9.47 Å². The summed E-state index contributed by atoms with van der Waals surface area (Å²) in [4.78, 5) is 0. The Morgan fingerprint density at radius 1 is 1.33 bits per heavy atom. The van der Waals surface area contributed by atoms with Crippen LogP contribution in [0.4, 0.5) is 4.39 Å². The zero-order valence-corrected chi connectivity index (χ0v) is 12.2. The Balaban J connectivity index is 1.97. The van der Waals surface area contributed by atoms with Crippen LogP contribution in [0.15, 0.2) is 22.7 Å². The van der Waals surface area contributed by atoms with E-state index >= 15 is 0 Å². The van der Waals surface area contributed by atoms with Crippen LogP contribution >= 0.6 is 24.1 Å². The molecule has 2 aliphatic rings. The van der Waals surface area contributed by atoms with Gasteiger partial charge in [-0.05, 0) is 29.6 Å². The lowest BCUT2D eigenvalue weighted by Crippen LogP contribution is -2.37. The van der Waals surface area contributed by atoms with Crippen LogP contribution in [-0.4, -0.2) is 31.8 Å². The molecule has 2 aliphatic heterocycles. The molecule has 1 saturated heterocycles. The fourth-order valence-corrected chi connectivity index (χ4v) is 3.84. The molecule has 3 rings (SSSR count). The van der Waals surface area contributed by atoms with Crippen LogP contribution in [0.2, 0.25) is 0 Å². The van der Waals surface area contributed by atoms with Gasteiger partial charge in [-0.15, -0.1) is 8.20 Å². The molecular weight excluding hydrogens is 318 g/mol. The van der Waals surface area contributed by atoms with Gasteiger partial charge in [-0.1, -0.05) is 15.9 Å². The molecule has 0 N–H and O–H groups in total. The topological polar surface area (TPSA) is 18.5 Å². The number of benzene rings is 1. The third-order valence-corrected chi connectivity index (χ3v) is 5.22. The summed E-state index contributed by atoms with van der Waals surface area (Å²) in [6.07, 6.45) is 0.543. The predicted octanol–water partition coefficient (Wildman–Crippen LogP) is 3.46. The Bertz CT molecular complexity index is 488. The van der Waals surface area contributed by atoms with Gasteiger partial charge in [-0.25, -0.2) is 4.39 Å². The Hall–Kier alpha value is -0.280. The van der Waals surface area contributed by atoms with Crippen molar-refractivity contribution in [3.05, 3.63) is 33.8 Å². The smallest absolute Gasteiger partial charge is 0.184 e. The molecule has 0 radical (unpaired) electrons. The summed E-state index contributed by atoms with van der Waals surface area (Å²) < 4.78 is 25.2. The summed E-state index contributed by atoms with van der Waals surface area (Å²) in [6.45, 7) is 0.888. The zero-order valence-electron chi connectivity index (χ0n) is 9.73. The fourth-order valence-electron chi connectivity index (χ4n) is 2.22. The molecule has 0 amide bonds. The molecule has 0 aliphatic carbocycles. The maximum Gasteiger partial charge on any atom is 0.184 e. The van der Waals surface area contributed by atoms with Crippen molar-refractivity contribution in [3.8, 4) is 0 Å². The number of hydrogen-bond donors (Lipinski definition) is 0. The van der Waals surface area contributed by atoms with Crippen LogP contribution in [0.3, 0.4) is 0 Å². The minimum atomic E-state index is -0.404. The van der Waals surface area contributed by atoms with Gasteiger partial charge in [0.05, 0.1) is 18.6 Å². The molecule has 1 aromatic rings. The number of rotatable bonds is 3. The molecule has 0 bridgehead atoms. The van der Waals surface area contributed by atoms with Gasteiger partial charge in [0.25, 0.3) is 0 Å². The summed E-state index contributed by atoms with van der Waals surface area (Å²) in [5.41, 5.74) is 1.56. The monoisotopic (exact) mass is 330 g/mol. The van der Waals surface area contributed by atoms with Crippen molar-refractivity contribution in [3.63, 3.8) is 0 Å². The van der Waals surface area contributed by atoms with E-state index in [0.29, 0.717) is 13.2 Å². The van der Waals surface area contributed by atoms with E-state index in [4.69, 9.17) is 9.47 Å². The van der Waals surface area contributed by atoms with Crippen LogP contribution in [0.1, 0.15) is 17.4 Å². The second-order valence-electron chi connectivity index (χ2n) is 4.61. The Morgan fingerprint density at radius 3 is 2.61 bits per heavy atom. The summed E-state index contributed by atoms with van der Waals surface area (Å²) in [5, 5.41) is 0. The molecule has 0 saturated carbocycles. The molecule has 2 nitrogen and oxygen atoms in total. The molecular formula is C13H13BrFO2P. The third-order valence-electron chi connectivity index (χ3n) is 3.34. The first-order chi connectivity index (χ1) is 8.73. The zero-order chi connectivity index (χ0) is 12.6. The van der Waals surface area contributed by atoms with Crippen molar-refractivity contribution in [1.29, 1.82) is 0 Å². The second kappa shape index (κ2) is 5.01. The Morgan fingerprint density at radius 2 is 2.06 bits per heavy atom. The fraction of sp³-hybridized carbons (Fsp3) is 0.462. The standard InChI is InChI=1S/C13H13BrFO2P/c14-11-4-9(12-16-1-2-17-12)3-10(5-11)13(6-15)7-18-8-13/h3-5,7,12H,1-2,6,8H2. The SMILES string of the molecule is FCC1(c2cc(Br)cc(C3OCCO3)c2)C=PC1. The minimum absolute atomic E-state index is 0.310. The van der Waals surface area contributed by atoms with Gasteiger partial charge in [0.15, 0.2) is 6.29 Å². The van der Waals surface area contributed by atoms with E-state index in [2.05, 4.69) is 15.9 Å². The van der Waals surface area contributed by atoms with Crippen LogP contribution < -0.4 is 0 Å². The first-order valence-electron chi connectivity index (χ1n) is 5.85. The van der Waals surface area contributed by atoms with Crippen molar-refractivity contribution in [2.45, 2.75) is 11.7 Å². The van der Waals surface area contributed by atoms with Crippen LogP contribution in [0, 0.1) is 0 Å². The summed E-state index contributed by atoms with van der Waals surface area (Å²) in [6, 6.07) is 5.97. The average molecular weight is 331 g/mol. The van der Waals surface area contributed by atoms with Crippen LogP contribution in [-0.2, 0) is 14.9 Å². The predicted molar refractivity (Wildman–Crippen MR) is 74.3 cm³/mol. The Kier molecular flexibility index (Phi) is 3.55. The van der Waals surface area contributed by atoms with Crippen LogP contribution in [0.5, 0.6) is 0 Å². The van der Waals surface area contributed by atoms with Crippen molar-refractivity contribution in [1.82, 2.24) is 0 Å². The molecule has 1 unspecified atom stereocenters. The van der Waals surface area contributed by atoms with Gasteiger partial charge in [0.2, 0.25) is 0 Å². The van der Waals surface area contributed by atoms with Gasteiger partial charge in [0.1, 0.15) is 6.67 Å². The normalized spacial score (nSPS) is 28.3. The van der Waals surface area contributed by atoms with Gasteiger partial charge in [-0.2, -0.15) is 0 Å². The molecule has 96 valence electrons. The molecule has 5 heteroatoms.